The van der Waals surface area contributed by atoms with Crippen LogP contribution in [0.3, 0.4) is 0 Å². The fourth-order valence-corrected chi connectivity index (χ4v) is 5.16. The lowest BCUT2D eigenvalue weighted by atomic mass is 10.2. The first kappa shape index (κ1) is 22.0. The molecule has 1 aliphatic heterocycles. The van der Waals surface area contributed by atoms with Crippen LogP contribution in [0.1, 0.15) is 20.7 Å². The summed E-state index contributed by atoms with van der Waals surface area (Å²) >= 11 is 7.05. The van der Waals surface area contributed by atoms with Crippen molar-refractivity contribution in [2.45, 2.75) is 0 Å². The molecule has 1 amide bonds. The van der Waals surface area contributed by atoms with Crippen LogP contribution in [0.5, 0.6) is 0 Å². The van der Waals surface area contributed by atoms with Crippen LogP contribution in [-0.2, 0) is 4.79 Å². The number of nitrogens with one attached hydrogen (secondary N) is 1. The van der Waals surface area contributed by atoms with Crippen LogP contribution in [0.4, 0.5) is 5.69 Å². The third kappa shape index (κ3) is 4.83. The molecule has 1 saturated heterocycles. The Morgan fingerprint density at radius 1 is 0.719 bits per heavy atom. The lowest BCUT2D eigenvalue weighted by Gasteiger charge is -2.13. The molecule has 1 aliphatic rings. The first-order chi connectivity index (χ1) is 15.5. The van der Waals surface area contributed by atoms with E-state index in [1.807, 2.05) is 18.2 Å². The number of hydrogen-bond donors (Lipinski definition) is 1. The Labute approximate surface area is 198 Å². The van der Waals surface area contributed by atoms with Crippen LogP contribution in [0, 0.1) is 0 Å². The first-order valence-corrected chi connectivity index (χ1v) is 11.6. The summed E-state index contributed by atoms with van der Waals surface area (Å²) < 4.78 is 0.249. The van der Waals surface area contributed by atoms with E-state index in [9.17, 15) is 14.4 Å². The summed E-state index contributed by atoms with van der Waals surface area (Å²) in [6.45, 7) is 0. The average molecular weight is 477 g/mol. The molecule has 0 atom stereocenters. The summed E-state index contributed by atoms with van der Waals surface area (Å²) in [7, 11) is 0. The molecule has 0 aromatic heterocycles. The highest BCUT2D eigenvalue weighted by molar-refractivity contribution is 8.35. The second-order valence-electron chi connectivity index (χ2n) is 6.58. The molecular weight excluding hydrogens is 460 g/mol. The zero-order chi connectivity index (χ0) is 22.5. The quantitative estimate of drug-likeness (QED) is 0.400. The molecule has 5 nitrogen and oxygen atoms in total. The van der Waals surface area contributed by atoms with Gasteiger partial charge in [0.05, 0.1) is 9.92 Å². The minimum Gasteiger partial charge on any atom is -0.326 e. The molecular formula is C24H16N2O3S3. The van der Waals surface area contributed by atoms with Crippen molar-refractivity contribution in [1.29, 1.82) is 0 Å². The molecule has 1 N–H and O–H groups in total. The van der Waals surface area contributed by atoms with Crippen molar-refractivity contribution in [2.24, 2.45) is 0 Å². The molecule has 0 unspecified atom stereocenters. The number of carbonyl (C=O) groups is 3. The fourth-order valence-electron chi connectivity index (χ4n) is 2.93. The van der Waals surface area contributed by atoms with Crippen molar-refractivity contribution in [2.75, 3.05) is 4.90 Å². The molecule has 32 heavy (non-hydrogen) atoms. The lowest BCUT2D eigenvalue weighted by Crippen LogP contribution is -2.30. The molecule has 0 spiro atoms. The predicted octanol–water partition coefficient (Wildman–Crippen LogP) is 5.22. The highest BCUT2D eigenvalue weighted by Crippen LogP contribution is 2.38. The molecule has 1 fully saturated rings. The van der Waals surface area contributed by atoms with E-state index in [0.717, 1.165) is 23.5 Å². The standard InChI is InChI=1S/C24H16N2O3S3/c27-20-19(25-24(30)26(20)18-14-8-3-9-15-18)23(31-21(28)16-10-4-1-5-11-16)32-22(29)17-12-6-2-7-13-17/h1-15H,(H,25,30). The number of anilines is 1. The van der Waals surface area contributed by atoms with Gasteiger partial charge in [0.15, 0.2) is 5.11 Å². The fraction of sp³-hybridized carbons (Fsp3) is 0. The highest BCUT2D eigenvalue weighted by atomic mass is 32.2. The largest absolute Gasteiger partial charge is 0.326 e. The van der Waals surface area contributed by atoms with E-state index in [4.69, 9.17) is 12.2 Å². The Morgan fingerprint density at radius 3 is 1.62 bits per heavy atom. The number of thiocarbonyl (C=S) groups is 1. The SMILES string of the molecule is O=C(SC(SC(=O)c1ccccc1)=C1NC(=S)N(c2ccccc2)C1=O)c1ccccc1. The van der Waals surface area contributed by atoms with Crippen LogP contribution >= 0.6 is 35.7 Å². The smallest absolute Gasteiger partial charge is 0.282 e. The summed E-state index contributed by atoms with van der Waals surface area (Å²) in [5, 5.41) is 2.54. The Hall–Kier alpha value is -3.20. The maximum Gasteiger partial charge on any atom is 0.282 e. The third-order valence-corrected chi connectivity index (χ3v) is 6.87. The molecule has 0 radical (unpaired) electrons. The van der Waals surface area contributed by atoms with E-state index in [1.165, 1.54) is 4.90 Å². The molecule has 0 aliphatic carbocycles. The summed E-state index contributed by atoms with van der Waals surface area (Å²) in [4.78, 5) is 40.4. The Balaban J connectivity index is 1.70. The maximum absolute atomic E-state index is 13.3. The van der Waals surface area contributed by atoms with Crippen LogP contribution in [0.25, 0.3) is 0 Å². The molecule has 1 heterocycles. The minimum absolute atomic E-state index is 0.113. The van der Waals surface area contributed by atoms with E-state index in [1.54, 1.807) is 72.8 Å². The van der Waals surface area contributed by atoms with Gasteiger partial charge in [-0.3, -0.25) is 19.3 Å². The molecule has 3 aromatic carbocycles. The van der Waals surface area contributed by atoms with Crippen LogP contribution in [-0.4, -0.2) is 21.3 Å². The van der Waals surface area contributed by atoms with Gasteiger partial charge in [-0.1, -0.05) is 78.9 Å². The van der Waals surface area contributed by atoms with Gasteiger partial charge in [-0.05, 0) is 47.9 Å². The highest BCUT2D eigenvalue weighted by Gasteiger charge is 2.36. The zero-order valence-electron chi connectivity index (χ0n) is 16.6. The Kier molecular flexibility index (Phi) is 6.84. The second-order valence-corrected chi connectivity index (χ2v) is 9.19. The molecule has 0 bridgehead atoms. The lowest BCUT2D eigenvalue weighted by molar-refractivity contribution is -0.113. The first-order valence-electron chi connectivity index (χ1n) is 9.54. The summed E-state index contributed by atoms with van der Waals surface area (Å²) in [6, 6.07) is 26.4. The topological polar surface area (TPSA) is 66.5 Å². The minimum atomic E-state index is -0.419. The molecule has 158 valence electrons. The van der Waals surface area contributed by atoms with Crippen LogP contribution in [0.15, 0.2) is 101 Å². The number of benzene rings is 3. The van der Waals surface area contributed by atoms with E-state index < -0.39 is 5.91 Å². The van der Waals surface area contributed by atoms with Gasteiger partial charge in [0.2, 0.25) is 10.2 Å². The monoisotopic (exact) mass is 476 g/mol. The Morgan fingerprint density at radius 2 is 1.16 bits per heavy atom. The molecule has 8 heteroatoms. The normalized spacial score (nSPS) is 13.1. The van der Waals surface area contributed by atoms with E-state index in [2.05, 4.69) is 5.32 Å². The number of thioether (sulfide) groups is 2. The number of nitrogens with zero attached hydrogens (tertiary/aromatic N) is 1. The van der Waals surface area contributed by atoms with Gasteiger partial charge in [-0.2, -0.15) is 0 Å². The van der Waals surface area contributed by atoms with Crippen molar-refractivity contribution >= 4 is 62.7 Å². The molecule has 0 saturated carbocycles. The summed E-state index contributed by atoms with van der Waals surface area (Å²) in [5.41, 5.74) is 1.65. The van der Waals surface area contributed by atoms with Gasteiger partial charge in [-0.25, -0.2) is 0 Å². The molecule has 3 aromatic rings. The predicted molar refractivity (Wildman–Crippen MR) is 133 cm³/mol. The van der Waals surface area contributed by atoms with Gasteiger partial charge in [0.25, 0.3) is 5.91 Å². The third-order valence-electron chi connectivity index (χ3n) is 4.46. The average Bonchev–Trinajstić information content (AvgIpc) is 3.13. The van der Waals surface area contributed by atoms with Crippen LogP contribution in [0.2, 0.25) is 0 Å². The van der Waals surface area contributed by atoms with Crippen LogP contribution < -0.4 is 10.2 Å². The Bertz CT molecular complexity index is 1160. The van der Waals surface area contributed by atoms with E-state index >= 15 is 0 Å². The van der Waals surface area contributed by atoms with Crippen molar-refractivity contribution in [3.63, 3.8) is 0 Å². The summed E-state index contributed by atoms with van der Waals surface area (Å²) in [6.07, 6.45) is 0. The van der Waals surface area contributed by atoms with Gasteiger partial charge < -0.3 is 5.32 Å². The number of para-hydroxylation sites is 1. The van der Waals surface area contributed by atoms with Crippen molar-refractivity contribution in [3.8, 4) is 0 Å². The number of rotatable bonds is 5. The second kappa shape index (κ2) is 9.95. The van der Waals surface area contributed by atoms with E-state index in [0.29, 0.717) is 16.8 Å². The van der Waals surface area contributed by atoms with Gasteiger partial charge >= 0.3 is 0 Å². The zero-order valence-corrected chi connectivity index (χ0v) is 19.0. The van der Waals surface area contributed by atoms with E-state index in [-0.39, 0.29) is 25.3 Å². The van der Waals surface area contributed by atoms with Gasteiger partial charge in [0, 0.05) is 11.1 Å². The number of carbonyl (C=O) groups excluding carboxylic acids is 3. The number of hydrogen-bond acceptors (Lipinski definition) is 6. The van der Waals surface area contributed by atoms with Gasteiger partial charge in [0.1, 0.15) is 5.70 Å². The number of amides is 1. The molecule has 4 rings (SSSR count). The summed E-state index contributed by atoms with van der Waals surface area (Å²) in [5.74, 6) is -0.419. The van der Waals surface area contributed by atoms with Gasteiger partial charge in [-0.15, -0.1) is 0 Å². The van der Waals surface area contributed by atoms with Crippen molar-refractivity contribution in [3.05, 3.63) is 112 Å². The maximum atomic E-state index is 13.3. The van der Waals surface area contributed by atoms with Crippen molar-refractivity contribution in [1.82, 2.24) is 5.32 Å². The van der Waals surface area contributed by atoms with Crippen molar-refractivity contribution < 1.29 is 14.4 Å².